The van der Waals surface area contributed by atoms with E-state index >= 15 is 0 Å². The average molecular weight is 383 g/mol. The molecule has 3 rings (SSSR count). The third kappa shape index (κ3) is 3.56. The molecule has 114 valence electrons. The second kappa shape index (κ2) is 6.62. The zero-order valence-corrected chi connectivity index (χ0v) is 13.9. The Morgan fingerprint density at radius 3 is 2.86 bits per heavy atom. The molecule has 2 aromatic rings. The molecule has 1 aromatic carbocycles. The number of rotatable bonds is 3. The van der Waals surface area contributed by atoms with Gasteiger partial charge in [-0.2, -0.15) is 0 Å². The van der Waals surface area contributed by atoms with Gasteiger partial charge in [0.1, 0.15) is 6.10 Å². The minimum absolute atomic E-state index is 0.00410. The molecule has 1 aliphatic rings. The number of halogens is 2. The van der Waals surface area contributed by atoms with E-state index in [2.05, 4.69) is 25.9 Å². The lowest BCUT2D eigenvalue weighted by atomic mass is 10.2. The van der Waals surface area contributed by atoms with Crippen molar-refractivity contribution in [2.45, 2.75) is 12.5 Å². The van der Waals surface area contributed by atoms with Crippen molar-refractivity contribution in [3.63, 3.8) is 0 Å². The molecule has 7 heteroatoms. The molecule has 5 nitrogen and oxygen atoms in total. The first-order valence-corrected chi connectivity index (χ1v) is 7.98. The summed E-state index contributed by atoms with van der Waals surface area (Å²) in [5.41, 5.74) is 0.665. The fraction of sp³-hybridized carbons (Fsp3) is 0.267. The molecule has 22 heavy (non-hydrogen) atoms. The summed E-state index contributed by atoms with van der Waals surface area (Å²) in [5, 5.41) is 0.463. The van der Waals surface area contributed by atoms with Crippen LogP contribution in [0.2, 0.25) is 5.02 Å². The summed E-state index contributed by atoms with van der Waals surface area (Å²) in [6.45, 7) is 1.18. The van der Waals surface area contributed by atoms with Crippen LogP contribution in [-0.2, 0) is 0 Å². The zero-order valence-electron chi connectivity index (χ0n) is 11.6. The Labute approximate surface area is 141 Å². The van der Waals surface area contributed by atoms with Gasteiger partial charge in [-0.1, -0.05) is 33.6 Å². The number of carbonyl (C=O) groups excluding carboxylic acids is 1. The van der Waals surface area contributed by atoms with E-state index in [-0.39, 0.29) is 18.0 Å². The van der Waals surface area contributed by atoms with Crippen LogP contribution in [0.3, 0.4) is 0 Å². The second-order valence-electron chi connectivity index (χ2n) is 4.97. The molecule has 1 aliphatic heterocycles. The normalized spacial score (nSPS) is 17.5. The van der Waals surface area contributed by atoms with Crippen molar-refractivity contribution in [3.05, 3.63) is 51.7 Å². The summed E-state index contributed by atoms with van der Waals surface area (Å²) in [5.74, 6) is 0.00410. The van der Waals surface area contributed by atoms with E-state index in [1.807, 2.05) is 24.3 Å². The predicted molar refractivity (Wildman–Crippen MR) is 86.1 cm³/mol. The molecule has 1 saturated heterocycles. The van der Waals surface area contributed by atoms with Crippen molar-refractivity contribution >= 4 is 33.4 Å². The maximum atomic E-state index is 12.4. The molecule has 0 spiro atoms. The van der Waals surface area contributed by atoms with Gasteiger partial charge >= 0.3 is 6.01 Å². The van der Waals surface area contributed by atoms with Gasteiger partial charge in [0.05, 0.1) is 24.0 Å². The lowest BCUT2D eigenvalue weighted by molar-refractivity contribution is 0.0769. The monoisotopic (exact) mass is 381 g/mol. The molecule has 0 aliphatic carbocycles. The first-order chi connectivity index (χ1) is 10.6. The van der Waals surface area contributed by atoms with E-state index in [0.717, 1.165) is 10.9 Å². The van der Waals surface area contributed by atoms with Gasteiger partial charge < -0.3 is 9.64 Å². The van der Waals surface area contributed by atoms with Crippen LogP contribution >= 0.6 is 27.5 Å². The number of amides is 1. The van der Waals surface area contributed by atoms with Crippen LogP contribution in [-0.4, -0.2) is 40.0 Å². The molecule has 0 saturated carbocycles. The molecule has 0 N–H and O–H groups in total. The smallest absolute Gasteiger partial charge is 0.316 e. The van der Waals surface area contributed by atoms with Crippen LogP contribution in [0.15, 0.2) is 41.1 Å². The second-order valence-corrected chi connectivity index (χ2v) is 6.33. The maximum Gasteiger partial charge on any atom is 0.316 e. The van der Waals surface area contributed by atoms with Gasteiger partial charge in [-0.3, -0.25) is 4.79 Å². The molecule has 0 radical (unpaired) electrons. The molecule has 1 fully saturated rings. The topological polar surface area (TPSA) is 55.3 Å². The largest absolute Gasteiger partial charge is 0.458 e. The zero-order chi connectivity index (χ0) is 15.5. The minimum Gasteiger partial charge on any atom is -0.458 e. The van der Waals surface area contributed by atoms with Crippen LogP contribution in [0.4, 0.5) is 0 Å². The number of nitrogens with zero attached hydrogens (tertiary/aromatic N) is 3. The highest BCUT2D eigenvalue weighted by atomic mass is 79.9. The van der Waals surface area contributed by atoms with Gasteiger partial charge in [-0.25, -0.2) is 9.97 Å². The quantitative estimate of drug-likeness (QED) is 0.818. The first kappa shape index (κ1) is 15.2. The highest BCUT2D eigenvalue weighted by Crippen LogP contribution is 2.19. The summed E-state index contributed by atoms with van der Waals surface area (Å²) in [7, 11) is 0. The van der Waals surface area contributed by atoms with E-state index in [1.54, 1.807) is 4.90 Å². The van der Waals surface area contributed by atoms with Crippen LogP contribution in [0.5, 0.6) is 6.01 Å². The summed E-state index contributed by atoms with van der Waals surface area (Å²) in [4.78, 5) is 22.2. The number of hydrogen-bond acceptors (Lipinski definition) is 4. The highest BCUT2D eigenvalue weighted by Gasteiger charge is 2.28. The lowest BCUT2D eigenvalue weighted by Crippen LogP contribution is -2.31. The van der Waals surface area contributed by atoms with Crippen molar-refractivity contribution in [2.24, 2.45) is 0 Å². The van der Waals surface area contributed by atoms with E-state index < -0.39 is 0 Å². The van der Waals surface area contributed by atoms with Gasteiger partial charge in [0, 0.05) is 23.0 Å². The third-order valence-corrected chi connectivity index (χ3v) is 4.06. The number of benzene rings is 1. The van der Waals surface area contributed by atoms with Crippen LogP contribution in [0.1, 0.15) is 16.8 Å². The van der Waals surface area contributed by atoms with Gasteiger partial charge in [0.15, 0.2) is 0 Å². The molecular formula is C15H13BrClN3O2. The van der Waals surface area contributed by atoms with Crippen molar-refractivity contribution in [1.29, 1.82) is 0 Å². The molecule has 0 bridgehead atoms. The number of likely N-dealkylation sites (tertiary alicyclic amines) is 1. The Hall–Kier alpha value is -1.66. The predicted octanol–water partition coefficient (Wildman–Crippen LogP) is 3.19. The Morgan fingerprint density at radius 2 is 2.14 bits per heavy atom. The minimum atomic E-state index is -0.0997. The maximum absolute atomic E-state index is 12.4. The van der Waals surface area contributed by atoms with Crippen LogP contribution in [0, 0.1) is 0 Å². The summed E-state index contributed by atoms with van der Waals surface area (Å²) >= 11 is 9.11. The molecular weight excluding hydrogens is 370 g/mol. The van der Waals surface area contributed by atoms with E-state index in [0.29, 0.717) is 23.7 Å². The van der Waals surface area contributed by atoms with Gasteiger partial charge in [0.25, 0.3) is 5.91 Å². The van der Waals surface area contributed by atoms with E-state index in [1.165, 1.54) is 12.4 Å². The van der Waals surface area contributed by atoms with Gasteiger partial charge in [-0.05, 0) is 18.2 Å². The SMILES string of the molecule is O=C(c1cccc(Br)c1)N1CC[C@@H](Oc2ncc(Cl)cn2)C1. The number of hydrogen-bond donors (Lipinski definition) is 0. The van der Waals surface area contributed by atoms with Crippen molar-refractivity contribution in [1.82, 2.24) is 14.9 Å². The van der Waals surface area contributed by atoms with Crippen LogP contribution < -0.4 is 4.74 Å². The number of aromatic nitrogens is 2. The Morgan fingerprint density at radius 1 is 1.36 bits per heavy atom. The van der Waals surface area contributed by atoms with Gasteiger partial charge in [0.2, 0.25) is 0 Å². The molecule has 0 unspecified atom stereocenters. The third-order valence-electron chi connectivity index (χ3n) is 3.37. The van der Waals surface area contributed by atoms with Gasteiger partial charge in [-0.15, -0.1) is 0 Å². The fourth-order valence-corrected chi connectivity index (χ4v) is 2.82. The summed E-state index contributed by atoms with van der Waals surface area (Å²) in [6.07, 6.45) is 3.63. The molecule has 1 atom stereocenters. The number of carbonyl (C=O) groups is 1. The average Bonchev–Trinajstić information content (AvgIpc) is 2.97. The standard InChI is InChI=1S/C15H13BrClN3O2/c16-11-3-1-2-10(6-11)14(21)20-5-4-13(9-20)22-15-18-7-12(17)8-19-15/h1-3,6-8,13H,4-5,9H2/t13-/m1/s1. The first-order valence-electron chi connectivity index (χ1n) is 6.81. The van der Waals surface area contributed by atoms with E-state index in [4.69, 9.17) is 16.3 Å². The Kier molecular flexibility index (Phi) is 4.59. The molecule has 1 aromatic heterocycles. The summed E-state index contributed by atoms with van der Waals surface area (Å²) in [6, 6.07) is 7.65. The van der Waals surface area contributed by atoms with Crippen molar-refractivity contribution in [3.8, 4) is 6.01 Å². The van der Waals surface area contributed by atoms with E-state index in [9.17, 15) is 4.79 Å². The Bertz CT molecular complexity index is 681. The fourth-order valence-electron chi connectivity index (χ4n) is 2.32. The Balaban J connectivity index is 1.62. The summed E-state index contributed by atoms with van der Waals surface area (Å²) < 4.78 is 6.58. The van der Waals surface area contributed by atoms with Crippen molar-refractivity contribution in [2.75, 3.05) is 13.1 Å². The molecule has 1 amide bonds. The van der Waals surface area contributed by atoms with Crippen molar-refractivity contribution < 1.29 is 9.53 Å². The molecule has 2 heterocycles. The number of ether oxygens (including phenoxy) is 1. The lowest BCUT2D eigenvalue weighted by Gasteiger charge is -2.16. The highest BCUT2D eigenvalue weighted by molar-refractivity contribution is 9.10. The van der Waals surface area contributed by atoms with Crippen LogP contribution in [0.25, 0.3) is 0 Å².